The number of thioether (sulfide) groups is 1. The van der Waals surface area contributed by atoms with E-state index < -0.39 is 6.17 Å². The molecule has 1 atom stereocenters. The van der Waals surface area contributed by atoms with E-state index in [9.17, 15) is 4.79 Å². The number of halogens is 1. The third kappa shape index (κ3) is 4.10. The minimum Gasteiger partial charge on any atom is -0.493 e. The first-order chi connectivity index (χ1) is 16.6. The highest BCUT2D eigenvalue weighted by Gasteiger charge is 2.36. The van der Waals surface area contributed by atoms with Gasteiger partial charge in [0.25, 0.3) is 5.91 Å². The number of nitrogens with one attached hydrogen (secondary N) is 1. The van der Waals surface area contributed by atoms with Crippen molar-refractivity contribution in [3.63, 3.8) is 0 Å². The highest BCUT2D eigenvalue weighted by Crippen LogP contribution is 2.40. The number of para-hydroxylation sites is 2. The van der Waals surface area contributed by atoms with Gasteiger partial charge >= 0.3 is 0 Å². The van der Waals surface area contributed by atoms with Gasteiger partial charge in [-0.05, 0) is 29.8 Å². The fourth-order valence-corrected chi connectivity index (χ4v) is 4.88. The van der Waals surface area contributed by atoms with Crippen molar-refractivity contribution in [3.05, 3.63) is 93.5 Å². The van der Waals surface area contributed by atoms with Crippen LogP contribution in [0.15, 0.2) is 76.8 Å². The van der Waals surface area contributed by atoms with E-state index in [1.807, 2.05) is 66.7 Å². The van der Waals surface area contributed by atoms with Crippen LogP contribution in [0, 0.1) is 0 Å². The number of benzene rings is 3. The molecule has 2 aliphatic rings. The Bertz CT molecular complexity index is 1410. The predicted octanol–water partition coefficient (Wildman–Crippen LogP) is 3.43. The SMILES string of the molecule is COc1cccc([C@H]2N=c3ccccc3=C3C(=O)NC(SCc4ccc(Cl)cc4)=NN32)c1OC. The maximum atomic E-state index is 13.3. The van der Waals surface area contributed by atoms with Crippen molar-refractivity contribution in [1.29, 1.82) is 0 Å². The van der Waals surface area contributed by atoms with E-state index in [1.165, 1.54) is 11.8 Å². The van der Waals surface area contributed by atoms with Crippen LogP contribution in [-0.4, -0.2) is 30.3 Å². The van der Waals surface area contributed by atoms with Crippen LogP contribution in [0.5, 0.6) is 11.5 Å². The number of carbonyl (C=O) groups excluding carboxylic acids is 1. The minimum absolute atomic E-state index is 0.234. The fraction of sp³-hybridized carbons (Fsp3) is 0.160. The summed E-state index contributed by atoms with van der Waals surface area (Å²) in [6.45, 7) is 0. The zero-order chi connectivity index (χ0) is 23.7. The lowest BCUT2D eigenvalue weighted by Crippen LogP contribution is -2.50. The maximum absolute atomic E-state index is 13.3. The number of rotatable bonds is 5. The molecule has 0 saturated heterocycles. The Morgan fingerprint density at radius 1 is 1.03 bits per heavy atom. The Morgan fingerprint density at radius 2 is 1.82 bits per heavy atom. The van der Waals surface area contributed by atoms with Crippen LogP contribution in [0.2, 0.25) is 5.02 Å². The van der Waals surface area contributed by atoms with Crippen LogP contribution < -0.4 is 25.4 Å². The van der Waals surface area contributed by atoms with Crippen molar-refractivity contribution in [1.82, 2.24) is 10.3 Å². The van der Waals surface area contributed by atoms with E-state index in [2.05, 4.69) is 5.32 Å². The molecule has 0 saturated carbocycles. The lowest BCUT2D eigenvalue weighted by atomic mass is 10.1. The first-order valence-corrected chi connectivity index (χ1v) is 11.9. The molecule has 0 spiro atoms. The molecular formula is C25H21ClN4O3S. The van der Waals surface area contributed by atoms with Crippen molar-refractivity contribution >= 4 is 40.1 Å². The van der Waals surface area contributed by atoms with E-state index in [0.29, 0.717) is 38.5 Å². The molecule has 0 radical (unpaired) electrons. The smallest absolute Gasteiger partial charge is 0.276 e. The maximum Gasteiger partial charge on any atom is 0.276 e. The lowest BCUT2D eigenvalue weighted by Gasteiger charge is -2.34. The van der Waals surface area contributed by atoms with Crippen LogP contribution >= 0.6 is 23.4 Å². The topological polar surface area (TPSA) is 75.5 Å². The summed E-state index contributed by atoms with van der Waals surface area (Å²) in [5.41, 5.74) is 2.26. The van der Waals surface area contributed by atoms with Crippen molar-refractivity contribution in [3.8, 4) is 11.5 Å². The van der Waals surface area contributed by atoms with E-state index in [-0.39, 0.29) is 5.91 Å². The molecule has 3 aromatic rings. The number of hydrazone groups is 1. The number of hydrogen-bond donors (Lipinski definition) is 1. The van der Waals surface area contributed by atoms with Gasteiger partial charge in [0.1, 0.15) is 5.70 Å². The third-order valence-corrected chi connectivity index (χ3v) is 6.70. The van der Waals surface area contributed by atoms with E-state index in [1.54, 1.807) is 19.2 Å². The predicted molar refractivity (Wildman–Crippen MR) is 133 cm³/mol. The number of fused-ring (bicyclic) bond motifs is 2. The molecule has 1 amide bonds. The van der Waals surface area contributed by atoms with Crippen molar-refractivity contribution in [2.45, 2.75) is 11.9 Å². The molecule has 0 unspecified atom stereocenters. The first-order valence-electron chi connectivity index (χ1n) is 10.5. The number of nitrogens with zero attached hydrogens (tertiary/aromatic N) is 3. The van der Waals surface area contributed by atoms with Crippen molar-refractivity contribution in [2.24, 2.45) is 10.1 Å². The number of amidine groups is 1. The molecule has 0 fully saturated rings. The summed E-state index contributed by atoms with van der Waals surface area (Å²) in [7, 11) is 3.17. The highest BCUT2D eigenvalue weighted by atomic mass is 35.5. The molecule has 2 aliphatic heterocycles. The number of hydrogen-bond acceptors (Lipinski definition) is 7. The van der Waals surface area contributed by atoms with Crippen LogP contribution in [0.1, 0.15) is 17.3 Å². The van der Waals surface area contributed by atoms with Gasteiger partial charge in [0.05, 0.1) is 19.6 Å². The molecule has 9 heteroatoms. The van der Waals surface area contributed by atoms with Crippen LogP contribution in [-0.2, 0) is 10.5 Å². The first kappa shape index (κ1) is 22.3. The Morgan fingerprint density at radius 3 is 2.59 bits per heavy atom. The quantitative estimate of drug-likeness (QED) is 0.590. The second kappa shape index (κ2) is 9.40. The summed E-state index contributed by atoms with van der Waals surface area (Å²) < 4.78 is 11.2. The average Bonchev–Trinajstić information content (AvgIpc) is 2.87. The van der Waals surface area contributed by atoms with E-state index in [4.69, 9.17) is 31.2 Å². The minimum atomic E-state index is -0.605. The second-order valence-electron chi connectivity index (χ2n) is 7.57. The summed E-state index contributed by atoms with van der Waals surface area (Å²) in [6, 6.07) is 20.7. The standard InChI is InChI=1S/C25H21ClN4O3S/c1-32-20-9-5-7-18(22(20)33-2)23-27-19-8-4-3-6-17(19)21-24(31)28-25(29-30(21)23)34-14-15-10-12-16(26)13-11-15/h3-13,23H,14H2,1-2H3,(H,28,29,31)/t23-/m0/s1. The molecular weight excluding hydrogens is 472 g/mol. The highest BCUT2D eigenvalue weighted by molar-refractivity contribution is 8.13. The zero-order valence-corrected chi connectivity index (χ0v) is 20.1. The fourth-order valence-electron chi connectivity index (χ4n) is 3.94. The summed E-state index contributed by atoms with van der Waals surface area (Å²) in [5, 5.41) is 12.0. The van der Waals surface area contributed by atoms with Crippen molar-refractivity contribution in [2.75, 3.05) is 14.2 Å². The Labute approximate surface area is 205 Å². The largest absolute Gasteiger partial charge is 0.493 e. The number of carbonyl (C=O) groups is 1. The van der Waals surface area contributed by atoms with Gasteiger partial charge in [0.2, 0.25) is 0 Å². The van der Waals surface area contributed by atoms with Crippen LogP contribution in [0.3, 0.4) is 0 Å². The molecule has 3 aromatic carbocycles. The average molecular weight is 493 g/mol. The lowest BCUT2D eigenvalue weighted by molar-refractivity contribution is -0.116. The van der Waals surface area contributed by atoms with Gasteiger partial charge in [0.15, 0.2) is 22.8 Å². The van der Waals surface area contributed by atoms with Crippen LogP contribution in [0.25, 0.3) is 5.70 Å². The summed E-state index contributed by atoms with van der Waals surface area (Å²) in [4.78, 5) is 18.3. The molecule has 172 valence electrons. The number of methoxy groups -OCH3 is 2. The van der Waals surface area contributed by atoms with Gasteiger partial charge in [-0.25, -0.2) is 5.01 Å². The molecule has 5 rings (SSSR count). The van der Waals surface area contributed by atoms with Gasteiger partial charge in [0, 0.05) is 21.6 Å². The molecule has 0 aliphatic carbocycles. The Hall–Kier alpha value is -3.49. The monoisotopic (exact) mass is 492 g/mol. The second-order valence-corrected chi connectivity index (χ2v) is 8.97. The van der Waals surface area contributed by atoms with Gasteiger partial charge in [-0.2, -0.15) is 0 Å². The van der Waals surface area contributed by atoms with Crippen LogP contribution in [0.4, 0.5) is 0 Å². The molecule has 2 heterocycles. The van der Waals surface area contributed by atoms with Gasteiger partial charge in [-0.3, -0.25) is 15.1 Å². The Kier molecular flexibility index (Phi) is 6.17. The molecule has 7 nitrogen and oxygen atoms in total. The Balaban J connectivity index is 1.59. The number of ether oxygens (including phenoxy) is 2. The molecule has 0 aromatic heterocycles. The number of amides is 1. The van der Waals surface area contributed by atoms with Gasteiger partial charge < -0.3 is 9.47 Å². The van der Waals surface area contributed by atoms with Crippen molar-refractivity contribution < 1.29 is 14.3 Å². The van der Waals surface area contributed by atoms with E-state index >= 15 is 0 Å². The van der Waals surface area contributed by atoms with E-state index in [0.717, 1.165) is 16.3 Å². The third-order valence-electron chi connectivity index (χ3n) is 5.52. The normalized spacial score (nSPS) is 16.6. The molecule has 1 N–H and O–H groups in total. The molecule has 0 bridgehead atoms. The molecule has 34 heavy (non-hydrogen) atoms. The summed E-state index contributed by atoms with van der Waals surface area (Å²) in [6.07, 6.45) is -0.605. The summed E-state index contributed by atoms with van der Waals surface area (Å²) in [5.74, 6) is 1.52. The van der Waals surface area contributed by atoms with Gasteiger partial charge in [-0.1, -0.05) is 65.8 Å². The summed E-state index contributed by atoms with van der Waals surface area (Å²) >= 11 is 7.43. The zero-order valence-electron chi connectivity index (χ0n) is 18.5. The van der Waals surface area contributed by atoms with Gasteiger partial charge in [-0.15, -0.1) is 5.10 Å².